The third kappa shape index (κ3) is 3.65. The highest BCUT2D eigenvalue weighted by Crippen LogP contribution is 2.27. The highest BCUT2D eigenvalue weighted by atomic mass is 79.9. The Hall–Kier alpha value is -1.88. The van der Waals surface area contributed by atoms with Crippen LogP contribution in [0.25, 0.3) is 0 Å². The summed E-state index contributed by atoms with van der Waals surface area (Å²) in [7, 11) is 0. The van der Waals surface area contributed by atoms with Crippen molar-refractivity contribution in [1.82, 2.24) is 4.98 Å². The molecule has 0 spiro atoms. The number of aromatic hydroxyl groups is 1. The molecule has 0 aliphatic rings. The smallest absolute Gasteiger partial charge is 0.225 e. The minimum Gasteiger partial charge on any atom is -0.506 e. The van der Waals surface area contributed by atoms with Crippen molar-refractivity contribution in [1.29, 1.82) is 0 Å². The van der Waals surface area contributed by atoms with Gasteiger partial charge in [-0.2, -0.15) is 0 Å². The lowest BCUT2D eigenvalue weighted by molar-refractivity contribution is -0.116. The minimum atomic E-state index is -0.0872. The summed E-state index contributed by atoms with van der Waals surface area (Å²) in [5.74, 6) is 0.615. The Morgan fingerprint density at radius 2 is 1.91 bits per heavy atom. The summed E-state index contributed by atoms with van der Waals surface area (Å²) in [6, 6.07) is 7.86. The molecule has 1 aromatic heterocycles. The number of hydrogen-bond donors (Lipinski definition) is 2. The first-order chi connectivity index (χ1) is 10.4. The SMILES string of the molecule is Cc1nc(NC(=O)CCc2ccccc2Br)c(C)c(C)c1O. The molecule has 2 aromatic rings. The maximum atomic E-state index is 12.1. The van der Waals surface area contributed by atoms with Crippen LogP contribution in [-0.2, 0) is 11.2 Å². The van der Waals surface area contributed by atoms with E-state index in [1.54, 1.807) is 6.92 Å². The normalized spacial score (nSPS) is 10.5. The van der Waals surface area contributed by atoms with Gasteiger partial charge in [0.15, 0.2) is 0 Å². The molecule has 0 fully saturated rings. The second kappa shape index (κ2) is 6.92. The van der Waals surface area contributed by atoms with E-state index >= 15 is 0 Å². The molecule has 0 unspecified atom stereocenters. The molecule has 0 aliphatic heterocycles. The second-order valence-electron chi connectivity index (χ2n) is 5.28. The van der Waals surface area contributed by atoms with Crippen LogP contribution in [0, 0.1) is 20.8 Å². The van der Waals surface area contributed by atoms with Gasteiger partial charge in [0.2, 0.25) is 5.91 Å². The first-order valence-electron chi connectivity index (χ1n) is 7.10. The molecule has 2 N–H and O–H groups in total. The van der Waals surface area contributed by atoms with Gasteiger partial charge < -0.3 is 10.4 Å². The predicted molar refractivity (Wildman–Crippen MR) is 91.2 cm³/mol. The van der Waals surface area contributed by atoms with E-state index in [1.807, 2.05) is 38.1 Å². The van der Waals surface area contributed by atoms with Crippen LogP contribution >= 0.6 is 15.9 Å². The Bertz CT molecular complexity index is 714. The number of nitrogens with one attached hydrogen (secondary N) is 1. The van der Waals surface area contributed by atoms with Crippen molar-refractivity contribution in [2.45, 2.75) is 33.6 Å². The Kier molecular flexibility index (Phi) is 5.19. The van der Waals surface area contributed by atoms with Gasteiger partial charge in [-0.1, -0.05) is 34.1 Å². The van der Waals surface area contributed by atoms with Crippen LogP contribution < -0.4 is 5.32 Å². The lowest BCUT2D eigenvalue weighted by Gasteiger charge is -2.13. The predicted octanol–water partition coefficient (Wildman–Crippen LogP) is 4.05. The number of rotatable bonds is 4. The summed E-state index contributed by atoms with van der Waals surface area (Å²) in [5, 5.41) is 12.7. The third-order valence-electron chi connectivity index (χ3n) is 3.73. The largest absolute Gasteiger partial charge is 0.506 e. The molecular weight excluding hydrogens is 344 g/mol. The van der Waals surface area contributed by atoms with Crippen LogP contribution in [0.15, 0.2) is 28.7 Å². The van der Waals surface area contributed by atoms with E-state index in [-0.39, 0.29) is 11.7 Å². The Balaban J connectivity index is 2.06. The summed E-state index contributed by atoms with van der Waals surface area (Å²) >= 11 is 3.48. The van der Waals surface area contributed by atoms with Crippen LogP contribution in [-0.4, -0.2) is 16.0 Å². The van der Waals surface area contributed by atoms with Crippen molar-refractivity contribution in [3.8, 4) is 5.75 Å². The van der Waals surface area contributed by atoms with Gasteiger partial charge in [0, 0.05) is 10.9 Å². The van der Waals surface area contributed by atoms with Crippen molar-refractivity contribution in [2.24, 2.45) is 0 Å². The number of anilines is 1. The molecule has 1 aromatic carbocycles. The Morgan fingerprint density at radius 1 is 1.23 bits per heavy atom. The number of nitrogens with zero attached hydrogens (tertiary/aromatic N) is 1. The van der Waals surface area contributed by atoms with Crippen molar-refractivity contribution in [2.75, 3.05) is 5.32 Å². The van der Waals surface area contributed by atoms with Gasteiger partial charge in [0.05, 0.1) is 5.69 Å². The van der Waals surface area contributed by atoms with Crippen molar-refractivity contribution in [3.05, 3.63) is 51.1 Å². The highest BCUT2D eigenvalue weighted by molar-refractivity contribution is 9.10. The van der Waals surface area contributed by atoms with E-state index in [0.29, 0.717) is 24.4 Å². The third-order valence-corrected chi connectivity index (χ3v) is 4.51. The lowest BCUT2D eigenvalue weighted by Crippen LogP contribution is -2.15. The van der Waals surface area contributed by atoms with Gasteiger partial charge in [-0.25, -0.2) is 4.98 Å². The van der Waals surface area contributed by atoms with Gasteiger partial charge >= 0.3 is 0 Å². The average Bonchev–Trinajstić information content (AvgIpc) is 2.49. The number of halogens is 1. The van der Waals surface area contributed by atoms with Crippen LogP contribution in [0.3, 0.4) is 0 Å². The number of aryl methyl sites for hydroxylation is 2. The fourth-order valence-electron chi connectivity index (χ4n) is 2.20. The summed E-state index contributed by atoms with van der Waals surface area (Å²) < 4.78 is 1.01. The molecular formula is C17H19BrN2O2. The number of pyridine rings is 1. The van der Waals surface area contributed by atoms with Gasteiger partial charge in [0.1, 0.15) is 11.6 Å². The molecule has 0 bridgehead atoms. The Morgan fingerprint density at radius 3 is 2.59 bits per heavy atom. The van der Waals surface area contributed by atoms with Gasteiger partial charge in [-0.15, -0.1) is 0 Å². The average molecular weight is 363 g/mol. The summed E-state index contributed by atoms with van der Waals surface area (Å²) in [6.45, 7) is 5.37. The van der Waals surface area contributed by atoms with Crippen LogP contribution in [0.5, 0.6) is 5.75 Å². The molecule has 0 saturated heterocycles. The molecule has 22 heavy (non-hydrogen) atoms. The fourth-order valence-corrected chi connectivity index (χ4v) is 2.68. The standard InChI is InChI=1S/C17H19BrN2O2/c1-10-11(2)17(19-12(3)16(10)22)20-15(21)9-8-13-6-4-5-7-14(13)18/h4-7,22H,8-9H2,1-3H3,(H,19,20,21). The molecule has 4 nitrogen and oxygen atoms in total. The summed E-state index contributed by atoms with van der Waals surface area (Å²) in [5.41, 5.74) is 3.15. The maximum Gasteiger partial charge on any atom is 0.225 e. The van der Waals surface area contributed by atoms with E-state index in [2.05, 4.69) is 26.2 Å². The molecule has 116 valence electrons. The highest BCUT2D eigenvalue weighted by Gasteiger charge is 2.13. The topological polar surface area (TPSA) is 62.2 Å². The zero-order valence-corrected chi connectivity index (χ0v) is 14.5. The molecule has 2 rings (SSSR count). The number of hydrogen-bond acceptors (Lipinski definition) is 3. The molecule has 0 radical (unpaired) electrons. The number of carbonyl (C=O) groups is 1. The van der Waals surface area contributed by atoms with Crippen LogP contribution in [0.2, 0.25) is 0 Å². The molecule has 1 amide bonds. The zero-order chi connectivity index (χ0) is 16.3. The monoisotopic (exact) mass is 362 g/mol. The number of carbonyl (C=O) groups excluding carboxylic acids is 1. The van der Waals surface area contributed by atoms with E-state index in [4.69, 9.17) is 0 Å². The molecule has 1 heterocycles. The summed E-state index contributed by atoms with van der Waals surface area (Å²) in [4.78, 5) is 16.4. The van der Waals surface area contributed by atoms with E-state index in [1.165, 1.54) is 0 Å². The minimum absolute atomic E-state index is 0.0872. The first kappa shape index (κ1) is 16.5. The summed E-state index contributed by atoms with van der Waals surface area (Å²) in [6.07, 6.45) is 1.03. The lowest BCUT2D eigenvalue weighted by atomic mass is 10.1. The second-order valence-corrected chi connectivity index (χ2v) is 6.14. The van der Waals surface area contributed by atoms with Gasteiger partial charge in [0.25, 0.3) is 0 Å². The van der Waals surface area contributed by atoms with Crippen molar-refractivity contribution in [3.63, 3.8) is 0 Å². The van der Waals surface area contributed by atoms with Crippen LogP contribution in [0.4, 0.5) is 5.82 Å². The first-order valence-corrected chi connectivity index (χ1v) is 7.89. The zero-order valence-electron chi connectivity index (χ0n) is 12.9. The molecule has 5 heteroatoms. The fraction of sp³-hybridized carbons (Fsp3) is 0.294. The maximum absolute atomic E-state index is 12.1. The van der Waals surface area contributed by atoms with Gasteiger partial charge in [-0.3, -0.25) is 4.79 Å². The molecule has 0 atom stereocenters. The van der Waals surface area contributed by atoms with E-state index in [9.17, 15) is 9.90 Å². The number of benzene rings is 1. The van der Waals surface area contributed by atoms with E-state index in [0.717, 1.165) is 21.2 Å². The van der Waals surface area contributed by atoms with Crippen LogP contribution in [0.1, 0.15) is 28.8 Å². The molecule has 0 aliphatic carbocycles. The van der Waals surface area contributed by atoms with E-state index < -0.39 is 0 Å². The Labute approximate surface area is 138 Å². The number of amides is 1. The van der Waals surface area contributed by atoms with Crippen molar-refractivity contribution >= 4 is 27.7 Å². The quantitative estimate of drug-likeness (QED) is 0.862. The number of aromatic nitrogens is 1. The van der Waals surface area contributed by atoms with Gasteiger partial charge in [-0.05, 0) is 49.9 Å². The molecule has 0 saturated carbocycles. The van der Waals surface area contributed by atoms with Crippen molar-refractivity contribution < 1.29 is 9.90 Å².